The molecule has 0 aliphatic rings. The lowest BCUT2D eigenvalue weighted by atomic mass is 10.1. The second-order valence-electron chi connectivity index (χ2n) is 7.65. The minimum atomic E-state index is -0.418. The number of anilines is 1. The summed E-state index contributed by atoms with van der Waals surface area (Å²) < 4.78 is 2.13. The fraction of sp³-hybridized carbons (Fsp3) is 0.111. The molecule has 0 saturated heterocycles. The van der Waals surface area contributed by atoms with Gasteiger partial charge in [-0.15, -0.1) is 0 Å². The lowest BCUT2D eigenvalue weighted by Crippen LogP contribution is -2.13. The Balaban J connectivity index is 1.67. The van der Waals surface area contributed by atoms with E-state index < -0.39 is 5.91 Å². The third-order valence-corrected chi connectivity index (χ3v) is 5.47. The van der Waals surface area contributed by atoms with Gasteiger partial charge in [0.25, 0.3) is 5.91 Å². The minimum Gasteiger partial charge on any atom is -0.321 e. The van der Waals surface area contributed by atoms with Crippen LogP contribution in [0.2, 0.25) is 0 Å². The van der Waals surface area contributed by atoms with Gasteiger partial charge >= 0.3 is 0 Å². The molecule has 0 bridgehead atoms. The number of carbonyl (C=O) groups is 1. The highest BCUT2D eigenvalue weighted by molar-refractivity contribution is 6.13. The second-order valence-corrected chi connectivity index (χ2v) is 7.65. The molecular formula is C27H23N3O. The van der Waals surface area contributed by atoms with Gasteiger partial charge < -0.3 is 9.88 Å². The molecule has 0 aliphatic carbocycles. The first-order valence-electron chi connectivity index (χ1n) is 10.1. The zero-order valence-electron chi connectivity index (χ0n) is 17.8. The van der Waals surface area contributed by atoms with Crippen molar-refractivity contribution >= 4 is 28.4 Å². The summed E-state index contributed by atoms with van der Waals surface area (Å²) in [6, 6.07) is 25.9. The van der Waals surface area contributed by atoms with E-state index >= 15 is 0 Å². The van der Waals surface area contributed by atoms with Crippen LogP contribution in [0.5, 0.6) is 0 Å². The zero-order chi connectivity index (χ0) is 22.0. The van der Waals surface area contributed by atoms with E-state index in [1.165, 1.54) is 5.56 Å². The van der Waals surface area contributed by atoms with Gasteiger partial charge in [0.1, 0.15) is 11.6 Å². The van der Waals surface area contributed by atoms with E-state index in [0.29, 0.717) is 5.69 Å². The van der Waals surface area contributed by atoms with Gasteiger partial charge in [0, 0.05) is 28.1 Å². The van der Waals surface area contributed by atoms with Gasteiger partial charge in [-0.25, -0.2) is 0 Å². The summed E-state index contributed by atoms with van der Waals surface area (Å²) in [5.41, 5.74) is 5.88. The Bertz CT molecular complexity index is 1350. The van der Waals surface area contributed by atoms with Crippen molar-refractivity contribution in [1.82, 2.24) is 4.57 Å². The summed E-state index contributed by atoms with van der Waals surface area (Å²) in [4.78, 5) is 12.9. The lowest BCUT2D eigenvalue weighted by molar-refractivity contribution is -0.112. The van der Waals surface area contributed by atoms with Crippen LogP contribution in [0, 0.1) is 32.1 Å². The van der Waals surface area contributed by atoms with Crippen LogP contribution in [0.4, 0.5) is 5.69 Å². The molecule has 1 N–H and O–H groups in total. The van der Waals surface area contributed by atoms with Crippen LogP contribution in [0.25, 0.3) is 22.5 Å². The van der Waals surface area contributed by atoms with Crippen molar-refractivity contribution in [2.75, 3.05) is 5.32 Å². The van der Waals surface area contributed by atoms with Crippen LogP contribution >= 0.6 is 0 Å². The Morgan fingerprint density at radius 1 is 0.968 bits per heavy atom. The molecule has 1 heterocycles. The molecule has 0 aliphatic heterocycles. The maximum absolute atomic E-state index is 12.9. The fourth-order valence-corrected chi connectivity index (χ4v) is 3.85. The Morgan fingerprint density at radius 3 is 2.42 bits per heavy atom. The number of aryl methyl sites for hydroxylation is 2. The first kappa shape index (κ1) is 20.2. The maximum Gasteiger partial charge on any atom is 0.266 e. The molecular weight excluding hydrogens is 382 g/mol. The Kier molecular flexibility index (Phi) is 5.43. The lowest BCUT2D eigenvalue weighted by Gasteiger charge is -2.10. The fourth-order valence-electron chi connectivity index (χ4n) is 3.85. The highest BCUT2D eigenvalue weighted by atomic mass is 16.1. The smallest absolute Gasteiger partial charge is 0.266 e. The minimum absolute atomic E-state index is 0.0668. The molecule has 4 nitrogen and oxygen atoms in total. The molecule has 1 aromatic heterocycles. The normalized spacial score (nSPS) is 11.4. The van der Waals surface area contributed by atoms with E-state index in [2.05, 4.69) is 47.1 Å². The molecule has 4 heteroatoms. The second kappa shape index (κ2) is 8.33. The number of nitrogens with one attached hydrogen (secondary N) is 1. The van der Waals surface area contributed by atoms with Crippen molar-refractivity contribution in [3.8, 4) is 11.8 Å². The van der Waals surface area contributed by atoms with Crippen molar-refractivity contribution in [2.45, 2.75) is 20.8 Å². The van der Waals surface area contributed by atoms with E-state index in [1.54, 1.807) is 6.08 Å². The van der Waals surface area contributed by atoms with Crippen LogP contribution in [-0.2, 0) is 4.79 Å². The monoisotopic (exact) mass is 405 g/mol. The number of hydrogen-bond acceptors (Lipinski definition) is 2. The van der Waals surface area contributed by atoms with Gasteiger partial charge in [-0.2, -0.15) is 5.26 Å². The third-order valence-electron chi connectivity index (χ3n) is 5.47. The number of amides is 1. The van der Waals surface area contributed by atoms with Crippen molar-refractivity contribution in [3.05, 3.63) is 101 Å². The molecule has 0 unspecified atom stereocenters. The Hall–Kier alpha value is -4.10. The number of carbonyl (C=O) groups excluding carboxylic acids is 1. The van der Waals surface area contributed by atoms with E-state index in [1.807, 2.05) is 62.4 Å². The summed E-state index contributed by atoms with van der Waals surface area (Å²) in [7, 11) is 0. The summed E-state index contributed by atoms with van der Waals surface area (Å²) >= 11 is 0. The quantitative estimate of drug-likeness (QED) is 0.329. The van der Waals surface area contributed by atoms with E-state index in [9.17, 15) is 10.1 Å². The SMILES string of the molecule is Cc1ccc(-n2c(C)cc(/C=C(\C#N)C(=O)Nc3cccc4ccccc34)c2C)cc1. The van der Waals surface area contributed by atoms with Crippen LogP contribution in [0.3, 0.4) is 0 Å². The molecule has 152 valence electrons. The van der Waals surface area contributed by atoms with E-state index in [4.69, 9.17) is 0 Å². The van der Waals surface area contributed by atoms with Crippen LogP contribution in [0.1, 0.15) is 22.5 Å². The van der Waals surface area contributed by atoms with Gasteiger partial charge in [-0.3, -0.25) is 4.79 Å². The third kappa shape index (κ3) is 3.99. The molecule has 31 heavy (non-hydrogen) atoms. The van der Waals surface area contributed by atoms with Gasteiger partial charge in [0.15, 0.2) is 0 Å². The van der Waals surface area contributed by atoms with E-state index in [0.717, 1.165) is 33.4 Å². The molecule has 0 spiro atoms. The zero-order valence-corrected chi connectivity index (χ0v) is 17.8. The van der Waals surface area contributed by atoms with Gasteiger partial charge in [-0.05, 0) is 62.1 Å². The van der Waals surface area contributed by atoms with E-state index in [-0.39, 0.29) is 5.57 Å². The highest BCUT2D eigenvalue weighted by Gasteiger charge is 2.15. The average Bonchev–Trinajstić information content (AvgIpc) is 3.05. The topological polar surface area (TPSA) is 57.8 Å². The molecule has 0 fully saturated rings. The predicted molar refractivity (Wildman–Crippen MR) is 126 cm³/mol. The van der Waals surface area contributed by atoms with Gasteiger partial charge in [0.2, 0.25) is 0 Å². The van der Waals surface area contributed by atoms with Crippen molar-refractivity contribution in [2.24, 2.45) is 0 Å². The highest BCUT2D eigenvalue weighted by Crippen LogP contribution is 2.25. The molecule has 4 aromatic rings. The molecule has 3 aromatic carbocycles. The molecule has 0 radical (unpaired) electrons. The first-order chi connectivity index (χ1) is 15.0. The van der Waals surface area contributed by atoms with Crippen LogP contribution in [-0.4, -0.2) is 10.5 Å². The summed E-state index contributed by atoms with van der Waals surface area (Å²) in [6.45, 7) is 6.07. The molecule has 0 atom stereocenters. The number of hydrogen-bond donors (Lipinski definition) is 1. The maximum atomic E-state index is 12.9. The number of fused-ring (bicyclic) bond motifs is 1. The Labute approximate surface area is 182 Å². The van der Waals surface area contributed by atoms with Crippen molar-refractivity contribution in [1.29, 1.82) is 5.26 Å². The number of benzene rings is 3. The number of rotatable bonds is 4. The predicted octanol–water partition coefficient (Wildman–Crippen LogP) is 6.10. The summed E-state index contributed by atoms with van der Waals surface area (Å²) in [5, 5.41) is 14.5. The first-order valence-corrected chi connectivity index (χ1v) is 10.1. The Morgan fingerprint density at radius 2 is 1.68 bits per heavy atom. The molecule has 1 amide bonds. The van der Waals surface area contributed by atoms with Crippen molar-refractivity contribution in [3.63, 3.8) is 0 Å². The van der Waals surface area contributed by atoms with Crippen molar-refractivity contribution < 1.29 is 4.79 Å². The average molecular weight is 406 g/mol. The van der Waals surface area contributed by atoms with Gasteiger partial charge in [0.05, 0.1) is 0 Å². The molecule has 0 saturated carbocycles. The number of nitriles is 1. The largest absolute Gasteiger partial charge is 0.321 e. The van der Waals surface area contributed by atoms with Gasteiger partial charge in [-0.1, -0.05) is 54.1 Å². The summed E-state index contributed by atoms with van der Waals surface area (Å²) in [5.74, 6) is -0.418. The number of nitrogens with zero attached hydrogens (tertiary/aromatic N) is 2. The number of aromatic nitrogens is 1. The van der Waals surface area contributed by atoms with Crippen LogP contribution < -0.4 is 5.32 Å². The molecule has 4 rings (SSSR count). The standard InChI is InChI=1S/C27H23N3O/c1-18-11-13-24(14-12-18)30-19(2)15-22(20(30)3)16-23(17-28)27(31)29-26-10-6-8-21-7-4-5-9-25(21)26/h4-16H,1-3H3,(H,29,31)/b23-16+. The van der Waals surface area contributed by atoms with Crippen LogP contribution in [0.15, 0.2) is 78.4 Å². The summed E-state index contributed by atoms with van der Waals surface area (Å²) in [6.07, 6.45) is 1.66.